The number of hydrogen-bond acceptors (Lipinski definition) is 5. The van der Waals surface area contributed by atoms with Crippen LogP contribution in [0.1, 0.15) is 62.0 Å². The zero-order valence-corrected chi connectivity index (χ0v) is 16.9. The first kappa shape index (κ1) is 21.2. The minimum atomic E-state index is -4.47. The van der Waals surface area contributed by atoms with Gasteiger partial charge in [0, 0.05) is 30.5 Å². The average Bonchev–Trinajstić information content (AvgIpc) is 3.19. The number of halogens is 3. The second-order valence-electron chi connectivity index (χ2n) is 8.48. The molecule has 0 amide bonds. The van der Waals surface area contributed by atoms with E-state index in [4.69, 9.17) is 4.74 Å². The summed E-state index contributed by atoms with van der Waals surface area (Å²) >= 11 is 0. The molecule has 1 aliphatic heterocycles. The van der Waals surface area contributed by atoms with E-state index < -0.39 is 11.9 Å². The van der Waals surface area contributed by atoms with Gasteiger partial charge in [0.15, 0.2) is 5.69 Å². The molecule has 1 atom stereocenters. The van der Waals surface area contributed by atoms with Gasteiger partial charge in [0.1, 0.15) is 0 Å². The molecule has 2 aliphatic rings. The van der Waals surface area contributed by atoms with Gasteiger partial charge in [0.05, 0.1) is 23.7 Å². The Morgan fingerprint density at radius 1 is 1.03 bits per heavy atom. The third kappa shape index (κ3) is 4.64. The highest BCUT2D eigenvalue weighted by Gasteiger charge is 2.48. The molecule has 2 fully saturated rings. The van der Waals surface area contributed by atoms with Crippen LogP contribution >= 0.6 is 0 Å². The summed E-state index contributed by atoms with van der Waals surface area (Å²) in [5, 5.41) is 3.33. The van der Waals surface area contributed by atoms with Crippen molar-refractivity contribution in [2.75, 3.05) is 13.2 Å². The van der Waals surface area contributed by atoms with Gasteiger partial charge in [-0.1, -0.05) is 18.9 Å². The molecule has 1 spiro atoms. The van der Waals surface area contributed by atoms with Crippen LogP contribution in [0.15, 0.2) is 36.8 Å². The van der Waals surface area contributed by atoms with Crippen molar-refractivity contribution in [3.63, 3.8) is 0 Å². The number of pyridine rings is 1. The second-order valence-corrected chi connectivity index (χ2v) is 8.48. The second kappa shape index (κ2) is 8.59. The van der Waals surface area contributed by atoms with Crippen LogP contribution in [0.5, 0.6) is 0 Å². The third-order valence-corrected chi connectivity index (χ3v) is 6.45. The van der Waals surface area contributed by atoms with E-state index in [0.717, 1.165) is 57.1 Å². The highest BCUT2D eigenvalue weighted by molar-refractivity contribution is 5.20. The van der Waals surface area contributed by atoms with Gasteiger partial charge in [0.2, 0.25) is 0 Å². The number of alkyl halides is 3. The summed E-state index contributed by atoms with van der Waals surface area (Å²) in [4.78, 5) is 12.0. The predicted octanol–water partition coefficient (Wildman–Crippen LogP) is 4.43. The van der Waals surface area contributed by atoms with Crippen molar-refractivity contribution in [2.45, 2.75) is 68.7 Å². The van der Waals surface area contributed by atoms with E-state index in [1.54, 1.807) is 0 Å². The molecule has 8 heteroatoms. The molecule has 30 heavy (non-hydrogen) atoms. The van der Waals surface area contributed by atoms with Crippen molar-refractivity contribution in [3.8, 4) is 0 Å². The molecular weight excluding hydrogens is 393 g/mol. The van der Waals surface area contributed by atoms with Gasteiger partial charge in [-0.05, 0) is 50.8 Å². The number of aromatic nitrogens is 3. The minimum absolute atomic E-state index is 0.0331. The molecular formula is C22H27F3N4O. The summed E-state index contributed by atoms with van der Waals surface area (Å²) in [6.07, 6.45) is 6.78. The fraction of sp³-hybridized carbons (Fsp3) is 0.591. The summed E-state index contributed by atoms with van der Waals surface area (Å²) < 4.78 is 44.1. The van der Waals surface area contributed by atoms with Crippen LogP contribution in [0.25, 0.3) is 0 Å². The lowest BCUT2D eigenvalue weighted by Gasteiger charge is -2.46. The molecule has 162 valence electrons. The Morgan fingerprint density at radius 3 is 2.53 bits per heavy atom. The third-order valence-electron chi connectivity index (χ3n) is 6.45. The normalized spacial score (nSPS) is 23.7. The van der Waals surface area contributed by atoms with Crippen LogP contribution < -0.4 is 5.32 Å². The van der Waals surface area contributed by atoms with Crippen molar-refractivity contribution in [2.24, 2.45) is 0 Å². The Bertz CT molecular complexity index is 823. The Morgan fingerprint density at radius 2 is 1.87 bits per heavy atom. The van der Waals surface area contributed by atoms with Crippen LogP contribution in [0, 0.1) is 0 Å². The summed E-state index contributed by atoms with van der Waals surface area (Å²) in [5.41, 5.74) is 0.548. The molecule has 1 saturated carbocycles. The first-order valence-electron chi connectivity index (χ1n) is 10.6. The van der Waals surface area contributed by atoms with Gasteiger partial charge in [-0.25, -0.2) is 4.98 Å². The lowest BCUT2D eigenvalue weighted by Crippen LogP contribution is -2.47. The Labute approximate surface area is 174 Å². The molecule has 0 radical (unpaired) electrons. The maximum Gasteiger partial charge on any atom is 0.434 e. The van der Waals surface area contributed by atoms with Crippen LogP contribution in [-0.2, 0) is 22.9 Å². The molecule has 4 rings (SSSR count). The highest BCUT2D eigenvalue weighted by atomic mass is 19.4. The fourth-order valence-electron chi connectivity index (χ4n) is 4.93. The van der Waals surface area contributed by atoms with Gasteiger partial charge in [0.25, 0.3) is 0 Å². The lowest BCUT2D eigenvalue weighted by molar-refractivity contribution is -0.141. The molecule has 0 aromatic carbocycles. The van der Waals surface area contributed by atoms with Crippen LogP contribution in [0.4, 0.5) is 13.2 Å². The van der Waals surface area contributed by atoms with Crippen LogP contribution in [0.3, 0.4) is 0 Å². The van der Waals surface area contributed by atoms with Gasteiger partial charge in [-0.15, -0.1) is 0 Å². The first-order valence-corrected chi connectivity index (χ1v) is 10.6. The van der Waals surface area contributed by atoms with Crippen molar-refractivity contribution in [3.05, 3.63) is 53.9 Å². The van der Waals surface area contributed by atoms with Gasteiger partial charge in [-0.3, -0.25) is 9.97 Å². The van der Waals surface area contributed by atoms with Crippen molar-refractivity contribution in [1.29, 1.82) is 0 Å². The van der Waals surface area contributed by atoms with Gasteiger partial charge >= 0.3 is 6.18 Å². The van der Waals surface area contributed by atoms with Crippen molar-refractivity contribution >= 4 is 0 Å². The van der Waals surface area contributed by atoms with Crippen LogP contribution in [-0.4, -0.2) is 33.7 Å². The predicted molar refractivity (Wildman–Crippen MR) is 106 cm³/mol. The number of ether oxygens (including phenoxy) is 1. The number of nitrogens with zero attached hydrogens (tertiary/aromatic N) is 3. The van der Waals surface area contributed by atoms with Crippen molar-refractivity contribution < 1.29 is 17.9 Å². The van der Waals surface area contributed by atoms with Crippen LogP contribution in [0.2, 0.25) is 0 Å². The van der Waals surface area contributed by atoms with Gasteiger partial charge < -0.3 is 10.1 Å². The molecule has 1 saturated heterocycles. The summed E-state index contributed by atoms with van der Waals surface area (Å²) in [6.45, 7) is 1.83. The van der Waals surface area contributed by atoms with E-state index in [1.165, 1.54) is 19.0 Å². The van der Waals surface area contributed by atoms with E-state index in [1.807, 2.05) is 18.3 Å². The van der Waals surface area contributed by atoms with E-state index in [0.29, 0.717) is 12.2 Å². The Hall–Kier alpha value is -2.06. The van der Waals surface area contributed by atoms with Gasteiger partial charge in [-0.2, -0.15) is 13.2 Å². The van der Waals surface area contributed by atoms with E-state index in [-0.39, 0.29) is 11.0 Å². The number of hydrogen-bond donors (Lipinski definition) is 1. The molecule has 0 bridgehead atoms. The largest absolute Gasteiger partial charge is 0.434 e. The molecule has 5 nitrogen and oxygen atoms in total. The highest BCUT2D eigenvalue weighted by Crippen LogP contribution is 2.49. The molecule has 3 heterocycles. The fourth-order valence-corrected chi connectivity index (χ4v) is 4.93. The zero-order chi connectivity index (χ0) is 21.1. The lowest BCUT2D eigenvalue weighted by atomic mass is 9.68. The number of rotatable bonds is 6. The molecule has 1 N–H and O–H groups in total. The Kier molecular flexibility index (Phi) is 6.06. The Balaban J connectivity index is 1.41. The summed E-state index contributed by atoms with van der Waals surface area (Å²) in [5.74, 6) is 0. The quantitative estimate of drug-likeness (QED) is 0.701. The number of nitrogens with one attached hydrogen (secondary N) is 1. The molecule has 2 aromatic heterocycles. The van der Waals surface area contributed by atoms with E-state index in [2.05, 4.69) is 26.3 Å². The zero-order valence-electron chi connectivity index (χ0n) is 16.9. The minimum Gasteiger partial charge on any atom is -0.375 e. The smallest absolute Gasteiger partial charge is 0.375 e. The topological polar surface area (TPSA) is 59.9 Å². The SMILES string of the molecule is FC(F)(F)c1cnc(CNCC[C@]2(c3ccccn3)CCOC3(CCCC3)C2)cn1. The molecule has 0 unspecified atom stereocenters. The summed E-state index contributed by atoms with van der Waals surface area (Å²) in [6, 6.07) is 6.07. The first-order chi connectivity index (χ1) is 14.4. The summed E-state index contributed by atoms with van der Waals surface area (Å²) in [7, 11) is 0. The monoisotopic (exact) mass is 420 g/mol. The molecule has 2 aromatic rings. The van der Waals surface area contributed by atoms with E-state index >= 15 is 0 Å². The molecule has 1 aliphatic carbocycles. The maximum atomic E-state index is 12.6. The maximum absolute atomic E-state index is 12.6. The van der Waals surface area contributed by atoms with E-state index in [9.17, 15) is 13.2 Å². The average molecular weight is 420 g/mol. The standard InChI is InChI=1S/C22H27F3N4O/c23-22(24,25)19-15-28-17(14-29-19)13-26-11-8-20(18-5-1-4-10-27-18)9-12-30-21(16-20)6-2-3-7-21/h1,4-5,10,14-15,26H,2-3,6-9,11-13,16H2/t20-/m0/s1. The van der Waals surface area contributed by atoms with Crippen molar-refractivity contribution in [1.82, 2.24) is 20.3 Å².